The molecule has 0 aromatic heterocycles. The van der Waals surface area contributed by atoms with Crippen LogP contribution in [0.2, 0.25) is 0 Å². The molecule has 20 heavy (non-hydrogen) atoms. The Morgan fingerprint density at radius 2 is 2.00 bits per heavy atom. The van der Waals surface area contributed by atoms with Crippen LogP contribution >= 0.6 is 0 Å². The summed E-state index contributed by atoms with van der Waals surface area (Å²) >= 11 is 0. The van der Waals surface area contributed by atoms with Gasteiger partial charge in [0.2, 0.25) is 0 Å². The number of halogens is 2. The number of aromatic carboxylic acids is 1. The number of benzene rings is 1. The lowest BCUT2D eigenvalue weighted by molar-refractivity contribution is 0.0696. The molecule has 1 aromatic carbocycles. The Labute approximate surface area is 114 Å². The third-order valence-electron chi connectivity index (χ3n) is 3.16. The molecule has 0 aliphatic heterocycles. The van der Waals surface area contributed by atoms with Gasteiger partial charge in [-0.3, -0.25) is 0 Å². The first kappa shape index (κ1) is 14.6. The van der Waals surface area contributed by atoms with E-state index in [0.29, 0.717) is 25.0 Å². The minimum atomic E-state index is -4.14. The maximum Gasteiger partial charge on any atom is 0.335 e. The van der Waals surface area contributed by atoms with Gasteiger partial charge in [-0.05, 0) is 31.4 Å². The zero-order chi connectivity index (χ0) is 14.9. The normalized spacial score (nSPS) is 19.0. The molecule has 0 heterocycles. The summed E-state index contributed by atoms with van der Waals surface area (Å²) in [5.41, 5.74) is -0.595. The fourth-order valence-electron chi connectivity index (χ4n) is 2.10. The minimum absolute atomic E-state index is 0.303. The van der Waals surface area contributed by atoms with Gasteiger partial charge >= 0.3 is 5.97 Å². The van der Waals surface area contributed by atoms with Crippen LogP contribution in [0.1, 0.15) is 29.6 Å². The van der Waals surface area contributed by atoms with E-state index in [-0.39, 0.29) is 0 Å². The first-order valence-electron chi connectivity index (χ1n) is 5.97. The summed E-state index contributed by atoms with van der Waals surface area (Å²) < 4.78 is 51.7. The van der Waals surface area contributed by atoms with Crippen LogP contribution < -0.4 is 0 Å². The molecule has 1 aromatic rings. The molecule has 2 rings (SSSR count). The average molecular weight is 302 g/mol. The van der Waals surface area contributed by atoms with Gasteiger partial charge in [-0.15, -0.1) is 0 Å². The van der Waals surface area contributed by atoms with Crippen molar-refractivity contribution in [2.75, 3.05) is 0 Å². The van der Waals surface area contributed by atoms with Crippen molar-refractivity contribution in [2.24, 2.45) is 0 Å². The molecule has 1 atom stereocenters. The van der Waals surface area contributed by atoms with E-state index in [1.807, 2.05) is 0 Å². The molecule has 4 nitrogen and oxygen atoms in total. The molecule has 0 fully saturated rings. The number of hydrogen-bond acceptors (Lipinski definition) is 3. The van der Waals surface area contributed by atoms with E-state index in [2.05, 4.69) is 0 Å². The Balaban J connectivity index is 2.58. The van der Waals surface area contributed by atoms with Crippen molar-refractivity contribution in [3.63, 3.8) is 0 Å². The van der Waals surface area contributed by atoms with Crippen LogP contribution in [-0.2, 0) is 9.84 Å². The topological polar surface area (TPSA) is 71.4 Å². The van der Waals surface area contributed by atoms with Gasteiger partial charge in [0.15, 0.2) is 21.5 Å². The van der Waals surface area contributed by atoms with Crippen molar-refractivity contribution in [3.8, 4) is 0 Å². The van der Waals surface area contributed by atoms with Crippen molar-refractivity contribution < 1.29 is 27.1 Å². The third-order valence-corrected chi connectivity index (χ3v) is 5.26. The number of carboxylic acids is 1. The highest BCUT2D eigenvalue weighted by molar-refractivity contribution is 7.92. The molecule has 1 N–H and O–H groups in total. The van der Waals surface area contributed by atoms with Crippen molar-refractivity contribution in [1.82, 2.24) is 0 Å². The molecule has 108 valence electrons. The summed E-state index contributed by atoms with van der Waals surface area (Å²) in [7, 11) is -4.14. The van der Waals surface area contributed by atoms with E-state index in [4.69, 9.17) is 5.11 Å². The molecule has 7 heteroatoms. The molecule has 1 unspecified atom stereocenters. The highest BCUT2D eigenvalue weighted by atomic mass is 32.2. The number of carbonyl (C=O) groups is 1. The monoisotopic (exact) mass is 302 g/mol. The van der Waals surface area contributed by atoms with Crippen LogP contribution in [0.15, 0.2) is 29.2 Å². The molecule has 1 aliphatic rings. The van der Waals surface area contributed by atoms with Crippen LogP contribution in [0, 0.1) is 11.6 Å². The average Bonchev–Trinajstić information content (AvgIpc) is 2.42. The lowest BCUT2D eigenvalue weighted by Crippen LogP contribution is -2.23. The van der Waals surface area contributed by atoms with Crippen LogP contribution in [0.3, 0.4) is 0 Å². The van der Waals surface area contributed by atoms with Crippen molar-refractivity contribution in [1.29, 1.82) is 0 Å². The quantitative estimate of drug-likeness (QED) is 0.871. The number of allylic oxidation sites excluding steroid dienone is 1. The molecule has 0 bridgehead atoms. The molecule has 0 amide bonds. The van der Waals surface area contributed by atoms with E-state index >= 15 is 0 Å². The predicted octanol–water partition coefficient (Wildman–Crippen LogP) is 2.55. The van der Waals surface area contributed by atoms with Gasteiger partial charge in [-0.25, -0.2) is 22.0 Å². The minimum Gasteiger partial charge on any atom is -0.478 e. The van der Waals surface area contributed by atoms with Gasteiger partial charge < -0.3 is 5.11 Å². The second-order valence-corrected chi connectivity index (χ2v) is 6.65. The summed E-state index contributed by atoms with van der Waals surface area (Å²) in [6, 6.07) is 1.13. The van der Waals surface area contributed by atoms with Crippen molar-refractivity contribution >= 4 is 15.8 Å². The fraction of sp³-hybridized carbons (Fsp3) is 0.308. The van der Waals surface area contributed by atoms with E-state index in [1.54, 1.807) is 6.08 Å². The molecule has 0 saturated heterocycles. The van der Waals surface area contributed by atoms with Crippen molar-refractivity contribution in [3.05, 3.63) is 41.5 Å². The first-order valence-corrected chi connectivity index (χ1v) is 7.51. The molecule has 0 saturated carbocycles. The largest absolute Gasteiger partial charge is 0.478 e. The summed E-state index contributed by atoms with van der Waals surface area (Å²) in [5.74, 6) is -4.53. The summed E-state index contributed by atoms with van der Waals surface area (Å²) in [5, 5.41) is 7.85. The van der Waals surface area contributed by atoms with Crippen molar-refractivity contribution in [2.45, 2.75) is 29.4 Å². The van der Waals surface area contributed by atoms with Gasteiger partial charge in [0.05, 0.1) is 10.8 Å². The highest BCUT2D eigenvalue weighted by Crippen LogP contribution is 2.28. The SMILES string of the molecule is O=C(O)c1cc(F)c(F)c(S(=O)(=O)C2C=CCCC2)c1. The smallest absolute Gasteiger partial charge is 0.335 e. The van der Waals surface area contributed by atoms with Crippen LogP contribution in [0.4, 0.5) is 8.78 Å². The maximum atomic E-state index is 13.7. The molecule has 1 aliphatic carbocycles. The highest BCUT2D eigenvalue weighted by Gasteiger charge is 2.31. The van der Waals surface area contributed by atoms with Crippen LogP contribution in [-0.4, -0.2) is 24.7 Å². The zero-order valence-electron chi connectivity index (χ0n) is 10.3. The molecular formula is C13H12F2O4S. The fourth-order valence-corrected chi connectivity index (χ4v) is 3.86. The van der Waals surface area contributed by atoms with Crippen LogP contribution in [0.25, 0.3) is 0 Å². The predicted molar refractivity (Wildman–Crippen MR) is 67.3 cm³/mol. The second kappa shape index (κ2) is 5.32. The Morgan fingerprint density at radius 3 is 2.55 bits per heavy atom. The Kier molecular flexibility index (Phi) is 3.89. The Hall–Kier alpha value is -1.76. The van der Waals surface area contributed by atoms with E-state index in [0.717, 1.165) is 6.42 Å². The Morgan fingerprint density at radius 1 is 1.30 bits per heavy atom. The number of carboxylic acid groups (broad SMARTS) is 1. The number of sulfone groups is 1. The van der Waals surface area contributed by atoms with E-state index in [1.165, 1.54) is 6.08 Å². The molecule has 0 spiro atoms. The summed E-state index contributed by atoms with van der Waals surface area (Å²) in [4.78, 5) is 9.93. The van der Waals surface area contributed by atoms with Crippen LogP contribution in [0.5, 0.6) is 0 Å². The lowest BCUT2D eigenvalue weighted by atomic mass is 10.1. The zero-order valence-corrected chi connectivity index (χ0v) is 11.2. The maximum absolute atomic E-state index is 13.7. The Bertz CT molecular complexity index is 680. The van der Waals surface area contributed by atoms with Gasteiger partial charge in [0, 0.05) is 0 Å². The van der Waals surface area contributed by atoms with Gasteiger partial charge in [0.25, 0.3) is 0 Å². The van der Waals surface area contributed by atoms with Gasteiger partial charge in [-0.1, -0.05) is 12.2 Å². The lowest BCUT2D eigenvalue weighted by Gasteiger charge is -2.17. The second-order valence-electron chi connectivity index (χ2n) is 4.52. The number of hydrogen-bond donors (Lipinski definition) is 1. The summed E-state index contributed by atoms with van der Waals surface area (Å²) in [6.45, 7) is 0. The molecule has 0 radical (unpaired) electrons. The summed E-state index contributed by atoms with van der Waals surface area (Å²) in [6.07, 6.45) is 4.77. The van der Waals surface area contributed by atoms with Gasteiger partial charge in [0.1, 0.15) is 4.90 Å². The number of rotatable bonds is 3. The first-order chi connectivity index (χ1) is 9.34. The third kappa shape index (κ3) is 2.58. The molecular weight excluding hydrogens is 290 g/mol. The van der Waals surface area contributed by atoms with E-state index in [9.17, 15) is 22.0 Å². The van der Waals surface area contributed by atoms with Gasteiger partial charge in [-0.2, -0.15) is 0 Å². The standard InChI is InChI=1S/C13H12F2O4S/c14-10-6-8(13(16)17)7-11(12(10)15)20(18,19)9-4-2-1-3-5-9/h2,4,6-7,9H,1,3,5H2,(H,16,17). The van der Waals surface area contributed by atoms with E-state index < -0.39 is 43.1 Å².